The number of fused-ring (bicyclic) bond motifs is 4. The van der Waals surface area contributed by atoms with Gasteiger partial charge in [0.1, 0.15) is 22.9 Å². The van der Waals surface area contributed by atoms with Crippen LogP contribution < -0.4 is 14.5 Å². The molecule has 3 heterocycles. The van der Waals surface area contributed by atoms with E-state index in [0.29, 0.717) is 23.7 Å². The Bertz CT molecular complexity index is 4340. The minimum absolute atomic E-state index is 0.0671. The molecule has 0 spiro atoms. The lowest BCUT2D eigenvalue weighted by atomic mass is 9.40. The Labute approximate surface area is 446 Å². The minimum Gasteiger partial charge on any atom is -0.457 e. The van der Waals surface area contributed by atoms with Gasteiger partial charge in [0.15, 0.2) is 0 Å². The first kappa shape index (κ1) is 38.9. The zero-order chi connectivity index (χ0) is 54.8. The fourth-order valence-electron chi connectivity index (χ4n) is 14.4. The van der Waals surface area contributed by atoms with Gasteiger partial charge in [-0.1, -0.05) is 179 Å². The number of pyridine rings is 1. The molecule has 18 rings (SSSR count). The normalized spacial score (nSPS) is 21.7. The Kier molecular flexibility index (Phi) is 8.13. The predicted molar refractivity (Wildman–Crippen MR) is 306 cm³/mol. The van der Waals surface area contributed by atoms with Crippen LogP contribution in [-0.4, -0.2) is 16.2 Å². The Morgan fingerprint density at radius 3 is 1.87 bits per heavy atom. The summed E-state index contributed by atoms with van der Waals surface area (Å²) in [4.78, 5) is 10.1. The minimum atomic E-state index is -0.714. The Morgan fingerprint density at radius 1 is 0.547 bits per heavy atom. The summed E-state index contributed by atoms with van der Waals surface area (Å²) in [7, 11) is 0. The molecule has 362 valence electrons. The maximum absolute atomic E-state index is 8.82. The summed E-state index contributed by atoms with van der Waals surface area (Å²) in [6.45, 7) is 12.1. The van der Waals surface area contributed by atoms with Gasteiger partial charge in [-0.2, -0.15) is 0 Å². The van der Waals surface area contributed by atoms with E-state index in [2.05, 4.69) is 207 Å². The van der Waals surface area contributed by atoms with Gasteiger partial charge in [0.05, 0.1) is 35.9 Å². The second-order valence-corrected chi connectivity index (χ2v) is 22.2. The molecule has 7 aliphatic rings. The lowest BCUT2D eigenvalue weighted by Gasteiger charge is -2.66. The van der Waals surface area contributed by atoms with Crippen LogP contribution in [0.15, 0.2) is 231 Å². The fourth-order valence-corrected chi connectivity index (χ4v) is 14.4. The average Bonchev–Trinajstić information content (AvgIpc) is 3.23. The first-order chi connectivity index (χ1) is 38.6. The van der Waals surface area contributed by atoms with E-state index in [1.54, 1.807) is 0 Å². The molecule has 0 atom stereocenters. The lowest BCUT2D eigenvalue weighted by Crippen LogP contribution is -2.67. The summed E-state index contributed by atoms with van der Waals surface area (Å²) in [6, 6.07) is 68.9. The summed E-state index contributed by atoms with van der Waals surface area (Å²) in [5.74, 6) is 2.11. The van der Waals surface area contributed by atoms with Gasteiger partial charge in [-0.15, -0.1) is 0 Å². The SMILES string of the molecule is [2H]c1c([2H])c([2H])c(-c2ccc3c(c2)c2ccc(Oc4cccc(N5CN(C67c8ccccc8C(c8ccccc86)C6(C)c8ccccc8C7(C)c7ccccc76)c6ccccc65)c4)cc2n3-c2cc(C(C)(C)C)ccn2)c([2H])c1[2H]. The maximum Gasteiger partial charge on any atom is 0.137 e. The van der Waals surface area contributed by atoms with Gasteiger partial charge in [0.25, 0.3) is 0 Å². The number of benzene rings is 9. The van der Waals surface area contributed by atoms with Gasteiger partial charge in [0.2, 0.25) is 0 Å². The molecule has 9 aromatic carbocycles. The molecule has 0 N–H and O–H groups in total. The number of rotatable bonds is 6. The van der Waals surface area contributed by atoms with E-state index < -0.39 is 17.0 Å². The van der Waals surface area contributed by atoms with Crippen LogP contribution in [0.1, 0.15) is 97.5 Å². The van der Waals surface area contributed by atoms with E-state index in [-0.39, 0.29) is 46.5 Å². The Balaban J connectivity index is 0.874. The second kappa shape index (κ2) is 15.7. The molecule has 11 aromatic rings. The summed E-state index contributed by atoms with van der Waals surface area (Å²) in [5, 5.41) is 1.75. The highest BCUT2D eigenvalue weighted by molar-refractivity contribution is 6.10. The van der Waals surface area contributed by atoms with Crippen molar-refractivity contribution < 1.29 is 11.6 Å². The highest BCUT2D eigenvalue weighted by atomic mass is 16.5. The van der Waals surface area contributed by atoms with Crippen molar-refractivity contribution in [3.63, 3.8) is 0 Å². The predicted octanol–water partition coefficient (Wildman–Crippen LogP) is 16.9. The van der Waals surface area contributed by atoms with Crippen molar-refractivity contribution in [2.24, 2.45) is 0 Å². The first-order valence-electron chi connectivity index (χ1n) is 28.6. The summed E-state index contributed by atoms with van der Waals surface area (Å²) >= 11 is 0. The Morgan fingerprint density at radius 2 is 1.17 bits per heavy atom. The van der Waals surface area contributed by atoms with Crippen molar-refractivity contribution in [3.8, 4) is 28.4 Å². The summed E-state index contributed by atoms with van der Waals surface area (Å²) < 4.78 is 51.9. The molecule has 1 aliphatic heterocycles. The van der Waals surface area contributed by atoms with E-state index in [9.17, 15) is 0 Å². The molecule has 0 saturated carbocycles. The largest absolute Gasteiger partial charge is 0.457 e. The fraction of sp³-hybridized carbons (Fsp3) is 0.157. The molecule has 0 fully saturated rings. The monoisotopic (exact) mass is 973 g/mol. The zero-order valence-electron chi connectivity index (χ0n) is 47.5. The van der Waals surface area contributed by atoms with Crippen LogP contribution >= 0.6 is 0 Å². The van der Waals surface area contributed by atoms with Gasteiger partial charge < -0.3 is 14.5 Å². The van der Waals surface area contributed by atoms with E-state index in [4.69, 9.17) is 16.6 Å². The lowest BCUT2D eigenvalue weighted by molar-refractivity contribution is 0.257. The summed E-state index contributed by atoms with van der Waals surface area (Å²) in [6.07, 6.45) is 1.85. The van der Waals surface area contributed by atoms with Gasteiger partial charge >= 0.3 is 0 Å². The van der Waals surface area contributed by atoms with Gasteiger partial charge in [0, 0.05) is 51.5 Å². The number of anilines is 3. The number of nitrogens with zero attached hydrogens (tertiary/aromatic N) is 4. The molecule has 0 amide bonds. The molecule has 2 aromatic heterocycles. The Hall–Kier alpha value is -8.67. The second-order valence-electron chi connectivity index (χ2n) is 22.2. The maximum atomic E-state index is 8.82. The smallest absolute Gasteiger partial charge is 0.137 e. The molecule has 4 bridgehead atoms. The van der Waals surface area contributed by atoms with Crippen molar-refractivity contribution in [1.82, 2.24) is 9.55 Å². The first-order valence-corrected chi connectivity index (χ1v) is 26.1. The van der Waals surface area contributed by atoms with Crippen LogP contribution in [0, 0.1) is 0 Å². The van der Waals surface area contributed by atoms with Crippen LogP contribution in [0.4, 0.5) is 17.1 Å². The molecule has 0 unspecified atom stereocenters. The van der Waals surface area contributed by atoms with Crippen molar-refractivity contribution in [3.05, 3.63) is 281 Å². The van der Waals surface area contributed by atoms with E-state index >= 15 is 0 Å². The van der Waals surface area contributed by atoms with E-state index in [1.165, 1.54) is 44.5 Å². The number of hydrogen-bond donors (Lipinski definition) is 0. The number of ether oxygens (including phenoxy) is 1. The number of para-hydroxylation sites is 2. The zero-order valence-corrected chi connectivity index (χ0v) is 42.5. The molecular formula is C70H56N4O. The van der Waals surface area contributed by atoms with E-state index in [0.717, 1.165) is 50.2 Å². The van der Waals surface area contributed by atoms with Gasteiger partial charge in [-0.05, 0) is 134 Å². The van der Waals surface area contributed by atoms with Crippen LogP contribution in [0.2, 0.25) is 0 Å². The van der Waals surface area contributed by atoms with Crippen molar-refractivity contribution in [1.29, 1.82) is 0 Å². The quantitative estimate of drug-likeness (QED) is 0.166. The van der Waals surface area contributed by atoms with Gasteiger partial charge in [-0.25, -0.2) is 4.98 Å². The van der Waals surface area contributed by atoms with Gasteiger partial charge in [-0.3, -0.25) is 4.57 Å². The number of hydrogen-bond acceptors (Lipinski definition) is 4. The van der Waals surface area contributed by atoms with Crippen LogP contribution in [0.5, 0.6) is 11.5 Å². The van der Waals surface area contributed by atoms with Crippen molar-refractivity contribution >= 4 is 38.9 Å². The molecule has 0 radical (unpaired) electrons. The molecule has 75 heavy (non-hydrogen) atoms. The molecule has 5 heteroatoms. The summed E-state index contributed by atoms with van der Waals surface area (Å²) in [5.41, 5.74) is 16.0. The standard InChI is InChI=1S/C70H56N4O/c1-67(2,3)47-38-39-71-65(41-47)74-61-37-34-46(45-20-7-6-8-21-45)40-54(61)51-36-35-50(43-64(51)74)75-49-23-19-22-48(42-49)72-44-73(63-33-18-17-32-62(63)72)70-55-26-11-9-24-52(55)66(53-25-10-12-27-56(53)70)68(4)57-28-13-15-30-59(57)69(70,5)60-31-16-14-29-58(60)68/h6-43,66H,44H2,1-5H3/i6D,7D,8D,20D,21D. The third-order valence-electron chi connectivity index (χ3n) is 17.6. The van der Waals surface area contributed by atoms with Crippen molar-refractivity contribution in [2.45, 2.75) is 62.3 Å². The van der Waals surface area contributed by atoms with Crippen LogP contribution in [0.3, 0.4) is 0 Å². The topological polar surface area (TPSA) is 33.5 Å². The van der Waals surface area contributed by atoms with Crippen LogP contribution in [0.25, 0.3) is 38.8 Å². The molecule has 5 nitrogen and oxygen atoms in total. The third kappa shape index (κ3) is 5.87. The average molecular weight is 974 g/mol. The van der Waals surface area contributed by atoms with Crippen LogP contribution in [-0.2, 0) is 21.8 Å². The number of aromatic nitrogens is 2. The third-order valence-corrected chi connectivity index (χ3v) is 17.6. The van der Waals surface area contributed by atoms with E-state index in [1.807, 2.05) is 42.6 Å². The molecule has 0 saturated heterocycles. The highest BCUT2D eigenvalue weighted by Crippen LogP contribution is 2.72. The molecule has 6 aliphatic carbocycles. The highest BCUT2D eigenvalue weighted by Gasteiger charge is 2.69. The molecular weight excluding hydrogens is 913 g/mol. The van der Waals surface area contributed by atoms with Crippen molar-refractivity contribution in [2.75, 3.05) is 16.5 Å².